The third kappa shape index (κ3) is 1.64. The fourth-order valence-electron chi connectivity index (χ4n) is 0.807. The summed E-state index contributed by atoms with van der Waals surface area (Å²) in [6.07, 6.45) is 1.78. The topological polar surface area (TPSA) is 36.4 Å². The predicted molar refractivity (Wildman–Crippen MR) is 50.3 cm³/mol. The van der Waals surface area contributed by atoms with E-state index in [2.05, 4.69) is 28.9 Å². The van der Waals surface area contributed by atoms with Gasteiger partial charge in [-0.05, 0) is 13.8 Å². The lowest BCUT2D eigenvalue weighted by molar-refractivity contribution is 0.665. The van der Waals surface area contributed by atoms with E-state index in [9.17, 15) is 0 Å². The minimum absolute atomic E-state index is 0.198. The predicted octanol–water partition coefficient (Wildman–Crippen LogP) is 0.881. The molecule has 3 nitrogen and oxygen atoms in total. The molecule has 0 aromatic rings. The van der Waals surface area contributed by atoms with Crippen molar-refractivity contribution in [3.05, 3.63) is 23.4 Å². The Morgan fingerprint density at radius 3 is 2.91 bits per heavy atom. The number of thioether (sulfide) groups is 1. The van der Waals surface area contributed by atoms with Crippen LogP contribution < -0.4 is 10.6 Å². The van der Waals surface area contributed by atoms with Crippen molar-refractivity contribution in [1.29, 1.82) is 0 Å². The molecule has 1 aliphatic heterocycles. The van der Waals surface area contributed by atoms with E-state index >= 15 is 0 Å². The SMILES string of the molecule is C=CC1=C(N=C)NC(NC)S1. The fourth-order valence-corrected chi connectivity index (χ4v) is 1.68. The highest BCUT2D eigenvalue weighted by atomic mass is 32.2. The Kier molecular flexibility index (Phi) is 2.73. The molecular weight excluding hydrogens is 158 g/mol. The van der Waals surface area contributed by atoms with Gasteiger partial charge in [0.25, 0.3) is 0 Å². The average molecular weight is 169 g/mol. The second kappa shape index (κ2) is 3.59. The summed E-state index contributed by atoms with van der Waals surface area (Å²) in [6, 6.07) is 0. The van der Waals surface area contributed by atoms with Gasteiger partial charge in [-0.3, -0.25) is 5.32 Å². The molecule has 60 valence electrons. The van der Waals surface area contributed by atoms with Crippen LogP contribution in [0.25, 0.3) is 0 Å². The zero-order valence-corrected chi connectivity index (χ0v) is 7.24. The second-order valence-electron chi connectivity index (χ2n) is 2.01. The number of aliphatic imine (C=N–C) groups is 1. The van der Waals surface area contributed by atoms with E-state index in [1.165, 1.54) is 0 Å². The molecule has 0 spiro atoms. The van der Waals surface area contributed by atoms with Crippen LogP contribution in [0.15, 0.2) is 28.4 Å². The molecule has 11 heavy (non-hydrogen) atoms. The standard InChI is InChI=1S/C7H11N3S/c1-4-5-6(8-2)10-7(9-3)11-5/h4,7,9-10H,1-2H2,3H3. The molecule has 0 aliphatic carbocycles. The van der Waals surface area contributed by atoms with Crippen molar-refractivity contribution in [2.45, 2.75) is 5.50 Å². The summed E-state index contributed by atoms with van der Waals surface area (Å²) in [4.78, 5) is 4.87. The molecule has 0 aromatic carbocycles. The highest BCUT2D eigenvalue weighted by molar-refractivity contribution is 8.04. The van der Waals surface area contributed by atoms with Gasteiger partial charge in [0.2, 0.25) is 0 Å². The Bertz CT molecular complexity index is 190. The van der Waals surface area contributed by atoms with E-state index in [1.807, 2.05) is 7.05 Å². The van der Waals surface area contributed by atoms with Gasteiger partial charge in [0.1, 0.15) is 11.3 Å². The lowest BCUT2D eigenvalue weighted by Gasteiger charge is -2.07. The van der Waals surface area contributed by atoms with Crippen LogP contribution in [-0.4, -0.2) is 19.3 Å². The highest BCUT2D eigenvalue weighted by Gasteiger charge is 2.19. The summed E-state index contributed by atoms with van der Waals surface area (Å²) in [5.74, 6) is 0.810. The van der Waals surface area contributed by atoms with Crippen molar-refractivity contribution in [1.82, 2.24) is 10.6 Å². The number of allylic oxidation sites excluding steroid dienone is 1. The van der Waals surface area contributed by atoms with E-state index in [1.54, 1.807) is 17.8 Å². The summed E-state index contributed by atoms with van der Waals surface area (Å²) < 4.78 is 0. The van der Waals surface area contributed by atoms with Crippen LogP contribution in [0.4, 0.5) is 0 Å². The Morgan fingerprint density at radius 1 is 1.82 bits per heavy atom. The molecule has 1 atom stereocenters. The summed E-state index contributed by atoms with van der Waals surface area (Å²) in [7, 11) is 1.89. The molecule has 0 saturated carbocycles. The molecule has 0 amide bonds. The van der Waals surface area contributed by atoms with Gasteiger partial charge in [-0.25, -0.2) is 4.99 Å². The lowest BCUT2D eigenvalue weighted by atomic mass is 10.5. The van der Waals surface area contributed by atoms with Gasteiger partial charge in [-0.15, -0.1) is 0 Å². The number of rotatable bonds is 3. The van der Waals surface area contributed by atoms with Crippen LogP contribution >= 0.6 is 11.8 Å². The molecule has 0 aromatic heterocycles. The van der Waals surface area contributed by atoms with E-state index in [0.29, 0.717) is 0 Å². The molecule has 0 radical (unpaired) electrons. The Balaban J connectivity index is 2.70. The van der Waals surface area contributed by atoms with Crippen LogP contribution in [0.3, 0.4) is 0 Å². The first-order chi connectivity index (χ1) is 5.31. The quantitative estimate of drug-likeness (QED) is 0.616. The Hall–Kier alpha value is -0.740. The van der Waals surface area contributed by atoms with Crippen LogP contribution in [0.5, 0.6) is 0 Å². The van der Waals surface area contributed by atoms with Crippen molar-refractivity contribution in [3.8, 4) is 0 Å². The smallest absolute Gasteiger partial charge is 0.140 e. The number of hydrogen-bond acceptors (Lipinski definition) is 4. The van der Waals surface area contributed by atoms with Gasteiger partial charge in [-0.1, -0.05) is 24.4 Å². The second-order valence-corrected chi connectivity index (χ2v) is 3.15. The maximum Gasteiger partial charge on any atom is 0.140 e. The summed E-state index contributed by atoms with van der Waals surface area (Å²) >= 11 is 1.65. The van der Waals surface area contributed by atoms with E-state index < -0.39 is 0 Å². The van der Waals surface area contributed by atoms with Gasteiger partial charge >= 0.3 is 0 Å². The van der Waals surface area contributed by atoms with Crippen molar-refractivity contribution in [2.24, 2.45) is 4.99 Å². The zero-order valence-electron chi connectivity index (χ0n) is 6.42. The normalized spacial score (nSPS) is 23.2. The fraction of sp³-hybridized carbons (Fsp3) is 0.286. The molecule has 1 unspecified atom stereocenters. The minimum Gasteiger partial charge on any atom is -0.345 e. The molecule has 1 aliphatic rings. The van der Waals surface area contributed by atoms with Crippen LogP contribution in [0.2, 0.25) is 0 Å². The maximum atomic E-state index is 3.82. The number of hydrogen-bond donors (Lipinski definition) is 2. The van der Waals surface area contributed by atoms with Crippen molar-refractivity contribution in [2.75, 3.05) is 7.05 Å². The van der Waals surface area contributed by atoms with Gasteiger partial charge in [-0.2, -0.15) is 0 Å². The lowest BCUT2D eigenvalue weighted by Crippen LogP contribution is -2.32. The largest absolute Gasteiger partial charge is 0.345 e. The third-order valence-electron chi connectivity index (χ3n) is 1.35. The summed E-state index contributed by atoms with van der Waals surface area (Å²) in [5.41, 5.74) is 0.198. The Morgan fingerprint density at radius 2 is 2.55 bits per heavy atom. The zero-order chi connectivity index (χ0) is 8.27. The van der Waals surface area contributed by atoms with Crippen molar-refractivity contribution in [3.63, 3.8) is 0 Å². The van der Waals surface area contributed by atoms with Gasteiger partial charge < -0.3 is 5.32 Å². The first-order valence-corrected chi connectivity index (χ1v) is 4.13. The van der Waals surface area contributed by atoms with Gasteiger partial charge in [0, 0.05) is 0 Å². The molecule has 1 rings (SSSR count). The Labute approximate surface area is 70.7 Å². The van der Waals surface area contributed by atoms with Crippen LogP contribution in [0, 0.1) is 0 Å². The van der Waals surface area contributed by atoms with Crippen LogP contribution in [0.1, 0.15) is 0 Å². The van der Waals surface area contributed by atoms with E-state index in [0.717, 1.165) is 10.7 Å². The number of nitrogens with zero attached hydrogens (tertiary/aromatic N) is 1. The average Bonchev–Trinajstić information content (AvgIpc) is 2.46. The minimum atomic E-state index is 0.198. The summed E-state index contributed by atoms with van der Waals surface area (Å²) in [5, 5.41) is 6.19. The molecule has 0 fully saturated rings. The van der Waals surface area contributed by atoms with Gasteiger partial charge in [0.05, 0.1) is 4.91 Å². The first-order valence-electron chi connectivity index (χ1n) is 3.25. The number of nitrogens with one attached hydrogen (secondary N) is 2. The van der Waals surface area contributed by atoms with Crippen LogP contribution in [-0.2, 0) is 0 Å². The molecule has 1 heterocycles. The summed E-state index contributed by atoms with van der Waals surface area (Å²) in [6.45, 7) is 7.13. The monoisotopic (exact) mass is 169 g/mol. The third-order valence-corrected chi connectivity index (χ3v) is 2.55. The maximum absolute atomic E-state index is 3.82. The van der Waals surface area contributed by atoms with Gasteiger partial charge in [0.15, 0.2) is 0 Å². The molecule has 2 N–H and O–H groups in total. The molecule has 4 heteroatoms. The van der Waals surface area contributed by atoms with Crippen molar-refractivity contribution >= 4 is 18.5 Å². The first kappa shape index (κ1) is 8.36. The molecule has 0 saturated heterocycles. The van der Waals surface area contributed by atoms with E-state index in [4.69, 9.17) is 0 Å². The molecule has 0 bridgehead atoms. The molecular formula is C7H11N3S. The highest BCUT2D eigenvalue weighted by Crippen LogP contribution is 2.29. The van der Waals surface area contributed by atoms with E-state index in [-0.39, 0.29) is 5.50 Å². The van der Waals surface area contributed by atoms with Crippen molar-refractivity contribution < 1.29 is 0 Å².